The fourth-order valence-corrected chi connectivity index (χ4v) is 4.38. The molecule has 1 aliphatic carbocycles. The second-order valence-corrected chi connectivity index (χ2v) is 8.12. The van der Waals surface area contributed by atoms with Gasteiger partial charge in [-0.3, -0.25) is 4.79 Å². The highest BCUT2D eigenvalue weighted by Crippen LogP contribution is 2.43. The van der Waals surface area contributed by atoms with E-state index in [0.717, 1.165) is 59.4 Å². The number of aryl methyl sites for hydroxylation is 2. The number of quaternary nitrogens is 1. The summed E-state index contributed by atoms with van der Waals surface area (Å²) in [7, 11) is 3.96. The van der Waals surface area contributed by atoms with Crippen molar-refractivity contribution in [2.75, 3.05) is 32.6 Å². The van der Waals surface area contributed by atoms with Gasteiger partial charge in [0, 0.05) is 18.5 Å². The van der Waals surface area contributed by atoms with E-state index in [-0.39, 0.29) is 11.4 Å². The molecule has 1 saturated carbocycles. The van der Waals surface area contributed by atoms with Gasteiger partial charge in [-0.25, -0.2) is 0 Å². The number of rotatable bonds is 9. The van der Waals surface area contributed by atoms with Gasteiger partial charge in [-0.2, -0.15) is 0 Å². The molecule has 0 heterocycles. The van der Waals surface area contributed by atoms with Gasteiger partial charge in [0.15, 0.2) is 5.54 Å². The fourth-order valence-electron chi connectivity index (χ4n) is 4.38. The van der Waals surface area contributed by atoms with E-state index in [9.17, 15) is 4.79 Å². The number of carbonyl (C=O) groups excluding carboxylic acids is 1. The maximum atomic E-state index is 13.5. The molecule has 1 aromatic rings. The van der Waals surface area contributed by atoms with Crippen molar-refractivity contribution in [3.05, 3.63) is 23.3 Å². The standard InChI is InChI=1S/C22H36N2O2/c1-7-9-10-14-24(5,8-2)22(12-11-13-22)21(25)23-20-17(3)15-19(26-6)16-18(20)4/h15-16H,7-14H2,1-6H3/p+1. The van der Waals surface area contributed by atoms with Crippen molar-refractivity contribution in [1.82, 2.24) is 0 Å². The summed E-state index contributed by atoms with van der Waals surface area (Å²) in [5.41, 5.74) is 2.78. The highest BCUT2D eigenvalue weighted by molar-refractivity contribution is 5.99. The van der Waals surface area contributed by atoms with Gasteiger partial charge < -0.3 is 14.5 Å². The molecular formula is C22H37N2O2+. The van der Waals surface area contributed by atoms with Crippen LogP contribution in [0.4, 0.5) is 5.69 Å². The summed E-state index contributed by atoms with van der Waals surface area (Å²) in [5, 5.41) is 3.29. The van der Waals surface area contributed by atoms with Gasteiger partial charge in [0.1, 0.15) is 5.75 Å². The summed E-state index contributed by atoms with van der Waals surface area (Å²) in [6.45, 7) is 10.6. The molecule has 1 aromatic carbocycles. The molecule has 4 heteroatoms. The quantitative estimate of drug-likeness (QED) is 0.505. The Morgan fingerprint density at radius 1 is 1.19 bits per heavy atom. The third-order valence-corrected chi connectivity index (χ3v) is 6.57. The van der Waals surface area contributed by atoms with Crippen LogP contribution in [-0.4, -0.2) is 43.2 Å². The van der Waals surface area contributed by atoms with E-state index in [1.54, 1.807) is 7.11 Å². The minimum atomic E-state index is -0.276. The highest BCUT2D eigenvalue weighted by atomic mass is 16.5. The molecule has 2 rings (SSSR count). The van der Waals surface area contributed by atoms with Crippen LogP contribution in [0.3, 0.4) is 0 Å². The lowest BCUT2D eigenvalue weighted by Gasteiger charge is -2.54. The third-order valence-electron chi connectivity index (χ3n) is 6.57. The van der Waals surface area contributed by atoms with E-state index in [2.05, 4.69) is 26.2 Å². The van der Waals surface area contributed by atoms with Crippen LogP contribution in [-0.2, 0) is 4.79 Å². The first-order valence-corrected chi connectivity index (χ1v) is 10.1. The molecule has 0 spiro atoms. The van der Waals surface area contributed by atoms with Crippen LogP contribution in [0.1, 0.15) is 63.5 Å². The number of anilines is 1. The minimum absolute atomic E-state index is 0.195. The molecule has 1 N–H and O–H groups in total. The molecule has 0 radical (unpaired) electrons. The van der Waals surface area contributed by atoms with Gasteiger partial charge in [0.2, 0.25) is 0 Å². The van der Waals surface area contributed by atoms with E-state index in [1.165, 1.54) is 19.3 Å². The Morgan fingerprint density at radius 3 is 2.23 bits per heavy atom. The first-order chi connectivity index (χ1) is 12.3. The number of nitrogens with zero attached hydrogens (tertiary/aromatic N) is 1. The average molecular weight is 362 g/mol. The number of hydrogen-bond donors (Lipinski definition) is 1. The van der Waals surface area contributed by atoms with Gasteiger partial charge in [-0.1, -0.05) is 13.3 Å². The summed E-state index contributed by atoms with van der Waals surface area (Å²) in [5.74, 6) is 1.03. The summed E-state index contributed by atoms with van der Waals surface area (Å²) in [6, 6.07) is 3.98. The molecule has 1 aliphatic rings. The van der Waals surface area contributed by atoms with Gasteiger partial charge in [-0.15, -0.1) is 0 Å². The predicted molar refractivity (Wildman–Crippen MR) is 109 cm³/mol. The Labute approximate surface area is 159 Å². The number of carbonyl (C=O) groups is 1. The van der Waals surface area contributed by atoms with Crippen molar-refractivity contribution >= 4 is 11.6 Å². The summed E-state index contributed by atoms with van der Waals surface area (Å²) >= 11 is 0. The molecule has 146 valence electrons. The first kappa shape index (κ1) is 20.8. The van der Waals surface area contributed by atoms with E-state index >= 15 is 0 Å². The number of unbranched alkanes of at least 4 members (excludes halogenated alkanes) is 2. The summed E-state index contributed by atoms with van der Waals surface area (Å²) in [4.78, 5) is 13.5. The number of ether oxygens (including phenoxy) is 1. The zero-order valence-electron chi connectivity index (χ0n) is 17.6. The molecule has 0 aromatic heterocycles. The van der Waals surface area contributed by atoms with Crippen LogP contribution in [0.25, 0.3) is 0 Å². The molecule has 0 bridgehead atoms. The second-order valence-electron chi connectivity index (χ2n) is 8.12. The van der Waals surface area contributed by atoms with Crippen molar-refractivity contribution in [2.24, 2.45) is 0 Å². The normalized spacial score (nSPS) is 17.9. The zero-order chi connectivity index (χ0) is 19.4. The first-order valence-electron chi connectivity index (χ1n) is 10.1. The van der Waals surface area contributed by atoms with E-state index in [0.29, 0.717) is 0 Å². The molecular weight excluding hydrogens is 324 g/mol. The SMILES string of the molecule is CCCCC[N+](C)(CC)C1(C(=O)Nc2c(C)cc(OC)cc2C)CCC1. The Bertz CT molecular complexity index is 614. The van der Waals surface area contributed by atoms with Crippen LogP contribution in [0.15, 0.2) is 12.1 Å². The van der Waals surface area contributed by atoms with Crippen LogP contribution >= 0.6 is 0 Å². The zero-order valence-corrected chi connectivity index (χ0v) is 17.6. The number of methoxy groups -OCH3 is 1. The Hall–Kier alpha value is -1.55. The van der Waals surface area contributed by atoms with E-state index in [4.69, 9.17) is 4.74 Å². The van der Waals surface area contributed by atoms with Crippen molar-refractivity contribution in [3.8, 4) is 5.75 Å². The lowest BCUT2D eigenvalue weighted by atomic mass is 9.72. The second kappa shape index (κ2) is 8.43. The average Bonchev–Trinajstić information content (AvgIpc) is 2.57. The van der Waals surface area contributed by atoms with Gasteiger partial charge in [0.25, 0.3) is 5.91 Å². The number of benzene rings is 1. The molecule has 1 amide bonds. The molecule has 4 nitrogen and oxygen atoms in total. The van der Waals surface area contributed by atoms with Crippen molar-refractivity contribution in [2.45, 2.75) is 71.8 Å². The number of likely N-dealkylation sites (N-methyl/N-ethyl adjacent to an activating group) is 1. The number of nitrogens with one attached hydrogen (secondary N) is 1. The predicted octanol–water partition coefficient (Wildman–Crippen LogP) is 4.83. The molecule has 0 aliphatic heterocycles. The largest absolute Gasteiger partial charge is 0.497 e. The van der Waals surface area contributed by atoms with Crippen LogP contribution < -0.4 is 10.1 Å². The maximum absolute atomic E-state index is 13.5. The van der Waals surface area contributed by atoms with Gasteiger partial charge in [0.05, 0.1) is 27.2 Å². The van der Waals surface area contributed by atoms with Crippen molar-refractivity contribution in [3.63, 3.8) is 0 Å². The van der Waals surface area contributed by atoms with Gasteiger partial charge >= 0.3 is 0 Å². The van der Waals surface area contributed by atoms with Crippen LogP contribution in [0.5, 0.6) is 5.75 Å². The third kappa shape index (κ3) is 3.75. The summed E-state index contributed by atoms with van der Waals surface area (Å²) < 4.78 is 6.20. The molecule has 1 atom stereocenters. The maximum Gasteiger partial charge on any atom is 0.285 e. The molecule has 1 unspecified atom stereocenters. The molecule has 1 fully saturated rings. The number of amides is 1. The summed E-state index contributed by atoms with van der Waals surface area (Å²) in [6.07, 6.45) is 6.77. The smallest absolute Gasteiger partial charge is 0.285 e. The van der Waals surface area contributed by atoms with Gasteiger partial charge in [-0.05, 0) is 63.3 Å². The Kier molecular flexibility index (Phi) is 6.73. The minimum Gasteiger partial charge on any atom is -0.497 e. The lowest BCUT2D eigenvalue weighted by Crippen LogP contribution is -2.71. The molecule has 0 saturated heterocycles. The highest BCUT2D eigenvalue weighted by Gasteiger charge is 2.57. The monoisotopic (exact) mass is 361 g/mol. The number of hydrogen-bond acceptors (Lipinski definition) is 2. The van der Waals surface area contributed by atoms with Crippen LogP contribution in [0.2, 0.25) is 0 Å². The van der Waals surface area contributed by atoms with E-state index < -0.39 is 0 Å². The fraction of sp³-hybridized carbons (Fsp3) is 0.682. The van der Waals surface area contributed by atoms with Crippen molar-refractivity contribution in [1.29, 1.82) is 0 Å². The topological polar surface area (TPSA) is 38.3 Å². The van der Waals surface area contributed by atoms with Crippen LogP contribution in [0, 0.1) is 13.8 Å². The Balaban J connectivity index is 2.25. The van der Waals surface area contributed by atoms with E-state index in [1.807, 2.05) is 26.0 Å². The molecule has 26 heavy (non-hydrogen) atoms. The lowest BCUT2D eigenvalue weighted by molar-refractivity contribution is -0.953. The Morgan fingerprint density at radius 2 is 1.81 bits per heavy atom. The van der Waals surface area contributed by atoms with Crippen molar-refractivity contribution < 1.29 is 14.0 Å².